The van der Waals surface area contributed by atoms with Gasteiger partial charge in [0.15, 0.2) is 6.10 Å². The van der Waals surface area contributed by atoms with Crippen molar-refractivity contribution in [3.05, 3.63) is 24.3 Å². The van der Waals surface area contributed by atoms with Crippen LogP contribution in [-0.4, -0.2) is 74.9 Å². The van der Waals surface area contributed by atoms with Gasteiger partial charge in [0.25, 0.3) is 0 Å². The molecule has 2 atom stereocenters. The van der Waals surface area contributed by atoms with E-state index < -0.39 is 26.5 Å². The number of esters is 2. The number of phosphoric ester groups is 1. The van der Waals surface area contributed by atoms with Gasteiger partial charge in [-0.25, -0.2) is 4.57 Å². The van der Waals surface area contributed by atoms with Crippen LogP contribution in [0.2, 0.25) is 0 Å². The lowest BCUT2D eigenvalue weighted by molar-refractivity contribution is -0.870. The van der Waals surface area contributed by atoms with Crippen LogP contribution >= 0.6 is 7.82 Å². The van der Waals surface area contributed by atoms with Crippen molar-refractivity contribution in [2.45, 2.75) is 187 Å². The maximum atomic E-state index is 12.6. The molecule has 0 aliphatic carbocycles. The van der Waals surface area contributed by atoms with Crippen LogP contribution in [0.1, 0.15) is 181 Å². The van der Waals surface area contributed by atoms with Gasteiger partial charge in [-0.15, -0.1) is 0 Å². The van der Waals surface area contributed by atoms with Gasteiger partial charge in [0, 0.05) is 12.8 Å². The molecular formula is C42H81NO8P+. The van der Waals surface area contributed by atoms with Gasteiger partial charge >= 0.3 is 19.8 Å². The van der Waals surface area contributed by atoms with Gasteiger partial charge in [-0.2, -0.15) is 0 Å². The SMILES string of the molecule is CCCCC/C=C/C/C=C\CCCCCCCC(=O)O[C@H](COC(=O)CCCCCCCCCCCCCCC)COP(=O)(O)OCC[N+](C)(C)C. The second kappa shape index (κ2) is 35.2. The molecule has 0 aromatic heterocycles. The number of hydrogen-bond donors (Lipinski definition) is 1. The first-order chi connectivity index (χ1) is 25.0. The molecule has 0 heterocycles. The van der Waals surface area contributed by atoms with Crippen molar-refractivity contribution in [1.82, 2.24) is 0 Å². The van der Waals surface area contributed by atoms with Gasteiger partial charge in [-0.1, -0.05) is 147 Å². The summed E-state index contributed by atoms with van der Waals surface area (Å²) in [5, 5.41) is 0. The molecule has 0 aromatic rings. The van der Waals surface area contributed by atoms with Crippen molar-refractivity contribution in [1.29, 1.82) is 0 Å². The molecule has 10 heteroatoms. The van der Waals surface area contributed by atoms with Gasteiger partial charge in [-0.3, -0.25) is 18.6 Å². The first kappa shape index (κ1) is 50.5. The number of hydrogen-bond acceptors (Lipinski definition) is 7. The molecule has 0 spiro atoms. The second-order valence-electron chi connectivity index (χ2n) is 15.4. The zero-order valence-corrected chi connectivity index (χ0v) is 35.2. The summed E-state index contributed by atoms with van der Waals surface area (Å²) in [6.45, 7) is 4.38. The number of unbranched alkanes of at least 4 members (excludes halogenated alkanes) is 20. The molecule has 9 nitrogen and oxygen atoms in total. The predicted octanol–water partition coefficient (Wildman–Crippen LogP) is 11.6. The predicted molar refractivity (Wildman–Crippen MR) is 215 cm³/mol. The normalized spacial score (nSPS) is 13.9. The fourth-order valence-electron chi connectivity index (χ4n) is 5.63. The summed E-state index contributed by atoms with van der Waals surface area (Å²) >= 11 is 0. The Morgan fingerprint density at radius 3 is 1.56 bits per heavy atom. The highest BCUT2D eigenvalue weighted by molar-refractivity contribution is 7.47. The lowest BCUT2D eigenvalue weighted by Gasteiger charge is -2.24. The molecule has 0 bridgehead atoms. The summed E-state index contributed by atoms with van der Waals surface area (Å²) in [6.07, 6.45) is 36.4. The van der Waals surface area contributed by atoms with E-state index >= 15 is 0 Å². The maximum absolute atomic E-state index is 12.6. The number of nitrogens with zero attached hydrogens (tertiary/aromatic N) is 1. The van der Waals surface area contributed by atoms with Crippen molar-refractivity contribution in [3.8, 4) is 0 Å². The number of rotatable bonds is 38. The minimum atomic E-state index is -4.37. The Morgan fingerprint density at radius 2 is 1.04 bits per heavy atom. The van der Waals surface area contributed by atoms with Crippen LogP contribution in [0.25, 0.3) is 0 Å². The van der Waals surface area contributed by atoms with Crippen LogP contribution in [0.5, 0.6) is 0 Å². The Labute approximate surface area is 319 Å². The number of likely N-dealkylation sites (N-methyl/N-ethyl adjacent to an activating group) is 1. The summed E-state index contributed by atoms with van der Waals surface area (Å²) < 4.78 is 34.2. The Kier molecular flexibility index (Phi) is 34.2. The van der Waals surface area contributed by atoms with Crippen LogP contribution in [0.15, 0.2) is 24.3 Å². The molecule has 0 saturated heterocycles. The van der Waals surface area contributed by atoms with Gasteiger partial charge in [0.2, 0.25) is 0 Å². The topological polar surface area (TPSA) is 108 Å². The van der Waals surface area contributed by atoms with Gasteiger partial charge in [0.05, 0.1) is 27.7 Å². The van der Waals surface area contributed by atoms with Crippen LogP contribution < -0.4 is 0 Å². The highest BCUT2D eigenvalue weighted by atomic mass is 31.2. The molecular weight excluding hydrogens is 677 g/mol. The maximum Gasteiger partial charge on any atom is 0.472 e. The number of ether oxygens (including phenoxy) is 2. The van der Waals surface area contributed by atoms with Crippen molar-refractivity contribution in [2.24, 2.45) is 0 Å². The largest absolute Gasteiger partial charge is 0.472 e. The Morgan fingerprint density at radius 1 is 0.596 bits per heavy atom. The highest BCUT2D eigenvalue weighted by Crippen LogP contribution is 2.43. The van der Waals surface area contributed by atoms with Crippen molar-refractivity contribution < 1.29 is 42.1 Å². The molecule has 306 valence electrons. The van der Waals surface area contributed by atoms with E-state index in [1.54, 1.807) is 0 Å². The van der Waals surface area contributed by atoms with E-state index in [0.717, 1.165) is 57.8 Å². The van der Waals surface area contributed by atoms with E-state index in [1.807, 2.05) is 21.1 Å². The number of phosphoric acid groups is 1. The van der Waals surface area contributed by atoms with Crippen molar-refractivity contribution in [3.63, 3.8) is 0 Å². The highest BCUT2D eigenvalue weighted by Gasteiger charge is 2.27. The van der Waals surface area contributed by atoms with Gasteiger partial charge in [0.1, 0.15) is 19.8 Å². The minimum Gasteiger partial charge on any atom is -0.462 e. The van der Waals surface area contributed by atoms with Crippen molar-refractivity contribution in [2.75, 3.05) is 47.5 Å². The molecule has 52 heavy (non-hydrogen) atoms. The number of quaternary nitrogens is 1. The van der Waals surface area contributed by atoms with Crippen molar-refractivity contribution >= 4 is 19.8 Å². The summed E-state index contributed by atoms with van der Waals surface area (Å²) in [7, 11) is 1.47. The lowest BCUT2D eigenvalue weighted by atomic mass is 10.0. The van der Waals surface area contributed by atoms with Gasteiger partial charge < -0.3 is 18.9 Å². The number of allylic oxidation sites excluding steroid dienone is 4. The molecule has 0 fully saturated rings. The molecule has 0 aliphatic rings. The molecule has 1 unspecified atom stereocenters. The fourth-order valence-corrected chi connectivity index (χ4v) is 6.37. The molecule has 1 N–H and O–H groups in total. The third-order valence-electron chi connectivity index (χ3n) is 8.98. The molecule has 0 rings (SSSR count). The Balaban J connectivity index is 4.41. The van der Waals surface area contributed by atoms with Gasteiger partial charge in [-0.05, 0) is 44.9 Å². The molecule has 0 saturated carbocycles. The van der Waals surface area contributed by atoms with Crippen LogP contribution in [0.4, 0.5) is 0 Å². The summed E-state index contributed by atoms with van der Waals surface area (Å²) in [5.41, 5.74) is 0. The zero-order chi connectivity index (χ0) is 38.6. The summed E-state index contributed by atoms with van der Waals surface area (Å²) in [6, 6.07) is 0. The van der Waals surface area contributed by atoms with Crippen LogP contribution in [-0.2, 0) is 32.7 Å². The number of carbonyl (C=O) groups is 2. The van der Waals surface area contributed by atoms with E-state index in [2.05, 4.69) is 38.2 Å². The fraction of sp³-hybridized carbons (Fsp3) is 0.857. The molecule has 0 amide bonds. The standard InChI is InChI=1S/C42H80NO8P/c1-6-8-10-12-14-16-18-20-21-23-25-27-29-31-33-35-42(45)51-40(39-50-52(46,47)49-37-36-43(3,4)5)38-48-41(44)34-32-30-28-26-24-22-19-17-15-13-11-9-7-2/h14,16,20-21,40H,6-13,15,17-19,22-39H2,1-5H3/p+1/b16-14+,21-20-/t40-/m1/s1. The monoisotopic (exact) mass is 759 g/mol. The number of carbonyl (C=O) groups excluding carboxylic acids is 2. The van der Waals surface area contributed by atoms with E-state index in [0.29, 0.717) is 17.4 Å². The first-order valence-electron chi connectivity index (χ1n) is 21.1. The van der Waals surface area contributed by atoms with Crippen LogP contribution in [0, 0.1) is 0 Å². The quantitative estimate of drug-likeness (QED) is 0.0218. The smallest absolute Gasteiger partial charge is 0.462 e. The van der Waals surface area contributed by atoms with Crippen LogP contribution in [0.3, 0.4) is 0 Å². The lowest BCUT2D eigenvalue weighted by Crippen LogP contribution is -2.37. The third-order valence-corrected chi connectivity index (χ3v) is 9.97. The summed E-state index contributed by atoms with van der Waals surface area (Å²) in [5.74, 6) is -0.810. The average Bonchev–Trinajstić information content (AvgIpc) is 3.09. The van der Waals surface area contributed by atoms with E-state index in [4.69, 9.17) is 18.5 Å². The van der Waals surface area contributed by atoms with E-state index in [-0.39, 0.29) is 32.0 Å². The first-order valence-corrected chi connectivity index (χ1v) is 22.6. The Hall–Kier alpha value is -1.51. The molecule has 0 aromatic carbocycles. The van der Waals surface area contributed by atoms with E-state index in [9.17, 15) is 19.0 Å². The molecule has 0 aliphatic heterocycles. The van der Waals surface area contributed by atoms with E-state index in [1.165, 1.54) is 89.9 Å². The Bertz CT molecular complexity index is 949. The molecule has 0 radical (unpaired) electrons. The zero-order valence-electron chi connectivity index (χ0n) is 34.3. The third kappa shape index (κ3) is 38.2. The minimum absolute atomic E-state index is 0.0304. The second-order valence-corrected chi connectivity index (χ2v) is 16.8. The summed E-state index contributed by atoms with van der Waals surface area (Å²) in [4.78, 5) is 35.3. The average molecular weight is 759 g/mol.